The van der Waals surface area contributed by atoms with Crippen LogP contribution in [0.4, 0.5) is 0 Å². The maximum atomic E-state index is 13.4. The van der Waals surface area contributed by atoms with Crippen molar-refractivity contribution in [3.63, 3.8) is 0 Å². The molecule has 0 heterocycles. The van der Waals surface area contributed by atoms with Crippen LogP contribution in [0.2, 0.25) is 0 Å². The molecule has 0 spiro atoms. The fraction of sp³-hybridized carbons (Fsp3) is 0.500. The van der Waals surface area contributed by atoms with Gasteiger partial charge in [-0.2, -0.15) is 0 Å². The molecule has 158 valence electrons. The fourth-order valence-electron chi connectivity index (χ4n) is 7.07. The second-order valence-corrected chi connectivity index (χ2v) is 9.65. The number of aliphatic hydroxyl groups is 1. The Hall–Kier alpha value is -2.33. The predicted molar refractivity (Wildman–Crippen MR) is 115 cm³/mol. The zero-order valence-electron chi connectivity index (χ0n) is 17.7. The van der Waals surface area contributed by atoms with Gasteiger partial charge in [-0.25, -0.2) is 0 Å². The first-order chi connectivity index (χ1) is 14.4. The summed E-state index contributed by atoms with van der Waals surface area (Å²) in [4.78, 5) is 13.4. The Morgan fingerprint density at radius 3 is 2.57 bits per heavy atom. The van der Waals surface area contributed by atoms with Crippen LogP contribution in [-0.2, 0) is 6.42 Å². The van der Waals surface area contributed by atoms with E-state index >= 15 is 0 Å². The maximum Gasteiger partial charge on any atom is 0.194 e. The van der Waals surface area contributed by atoms with Gasteiger partial charge in [0.1, 0.15) is 5.60 Å². The number of hydrogen-bond donors (Lipinski definition) is 2. The lowest BCUT2D eigenvalue weighted by Crippen LogP contribution is -2.55. The molecule has 4 heteroatoms. The predicted octanol–water partition coefficient (Wildman–Crippen LogP) is 4.87. The van der Waals surface area contributed by atoms with Gasteiger partial charge in [0, 0.05) is 16.5 Å². The van der Waals surface area contributed by atoms with E-state index in [4.69, 9.17) is 4.74 Å². The third kappa shape index (κ3) is 2.52. The van der Waals surface area contributed by atoms with Gasteiger partial charge in [-0.3, -0.25) is 4.79 Å². The number of ether oxygens (including phenoxy) is 1. The van der Waals surface area contributed by atoms with Crippen LogP contribution in [0.3, 0.4) is 0 Å². The van der Waals surface area contributed by atoms with E-state index in [1.807, 2.05) is 30.3 Å². The van der Waals surface area contributed by atoms with Gasteiger partial charge in [0.2, 0.25) is 0 Å². The molecule has 5 rings (SSSR count). The van der Waals surface area contributed by atoms with E-state index in [2.05, 4.69) is 13.0 Å². The molecule has 2 N–H and O–H groups in total. The van der Waals surface area contributed by atoms with Crippen molar-refractivity contribution in [3.05, 3.63) is 59.2 Å². The van der Waals surface area contributed by atoms with Crippen LogP contribution in [0.5, 0.6) is 11.5 Å². The first-order valence-electron chi connectivity index (χ1n) is 11.1. The molecule has 2 fully saturated rings. The van der Waals surface area contributed by atoms with Crippen molar-refractivity contribution in [2.75, 3.05) is 7.11 Å². The minimum atomic E-state index is -1.29. The normalized spacial score (nSPS) is 34.6. The Bertz CT molecular complexity index is 984. The highest BCUT2D eigenvalue weighted by molar-refractivity contribution is 6.03. The Morgan fingerprint density at radius 1 is 1.07 bits per heavy atom. The zero-order chi connectivity index (χ0) is 21.1. The summed E-state index contributed by atoms with van der Waals surface area (Å²) in [5.74, 6) is 1.87. The lowest BCUT2D eigenvalue weighted by Gasteiger charge is -2.52. The number of carbonyl (C=O) groups is 1. The van der Waals surface area contributed by atoms with Gasteiger partial charge in [0.25, 0.3) is 0 Å². The Labute approximate surface area is 177 Å². The Kier molecular flexibility index (Phi) is 4.48. The van der Waals surface area contributed by atoms with E-state index in [1.54, 1.807) is 13.2 Å². The third-order valence-electron chi connectivity index (χ3n) is 8.61. The number of phenols is 1. The lowest BCUT2D eigenvalue weighted by atomic mass is 9.52. The molecule has 1 unspecified atom stereocenters. The van der Waals surface area contributed by atoms with Crippen molar-refractivity contribution in [1.29, 1.82) is 0 Å². The summed E-state index contributed by atoms with van der Waals surface area (Å²) in [5, 5.41) is 22.0. The van der Waals surface area contributed by atoms with Gasteiger partial charge < -0.3 is 14.9 Å². The maximum absolute atomic E-state index is 13.4. The summed E-state index contributed by atoms with van der Waals surface area (Å²) < 4.78 is 5.51. The monoisotopic (exact) mass is 406 g/mol. The van der Waals surface area contributed by atoms with Gasteiger partial charge in [-0.15, -0.1) is 0 Å². The minimum Gasteiger partial charge on any atom is -0.504 e. The van der Waals surface area contributed by atoms with Crippen LogP contribution in [0.1, 0.15) is 66.4 Å². The van der Waals surface area contributed by atoms with Crippen molar-refractivity contribution in [1.82, 2.24) is 0 Å². The van der Waals surface area contributed by atoms with Gasteiger partial charge in [0.15, 0.2) is 17.3 Å². The zero-order valence-corrected chi connectivity index (χ0v) is 17.7. The minimum absolute atomic E-state index is 0.116. The number of carbonyl (C=O) groups excluding carboxylic acids is 1. The summed E-state index contributed by atoms with van der Waals surface area (Å²) >= 11 is 0. The van der Waals surface area contributed by atoms with Gasteiger partial charge >= 0.3 is 0 Å². The van der Waals surface area contributed by atoms with Crippen LogP contribution in [0.25, 0.3) is 0 Å². The molecule has 2 saturated carbocycles. The molecule has 0 aliphatic heterocycles. The number of Topliss-reactive ketones (excluding diaryl/α,β-unsaturated/α-hetero) is 1. The number of benzene rings is 2. The highest BCUT2D eigenvalue weighted by atomic mass is 16.5. The molecule has 0 bridgehead atoms. The highest BCUT2D eigenvalue weighted by Gasteiger charge is 2.64. The first kappa shape index (κ1) is 19.6. The van der Waals surface area contributed by atoms with E-state index in [-0.39, 0.29) is 11.5 Å². The molecule has 0 radical (unpaired) electrons. The van der Waals surface area contributed by atoms with Crippen molar-refractivity contribution in [3.8, 4) is 11.5 Å². The van der Waals surface area contributed by atoms with Crippen LogP contribution in [0, 0.1) is 17.3 Å². The molecule has 30 heavy (non-hydrogen) atoms. The van der Waals surface area contributed by atoms with Crippen LogP contribution in [0.15, 0.2) is 42.5 Å². The summed E-state index contributed by atoms with van der Waals surface area (Å²) in [6.07, 6.45) is 5.08. The van der Waals surface area contributed by atoms with Crippen molar-refractivity contribution < 1.29 is 19.7 Å². The molecule has 3 aliphatic carbocycles. The molecule has 5 atom stereocenters. The smallest absolute Gasteiger partial charge is 0.194 e. The van der Waals surface area contributed by atoms with E-state index in [1.165, 1.54) is 5.56 Å². The number of phenolic OH excluding ortho intramolecular Hbond substituents is 1. The number of methoxy groups -OCH3 is 1. The number of aromatic hydroxyl groups is 1. The summed E-state index contributed by atoms with van der Waals surface area (Å²) in [7, 11) is 1.62. The SMILES string of the molecule is COc1c(O)ccc2c1CC[C@@H]1[C@@H]2CC[C@@]2(C)[C@H]1CCC2(O)C(=O)c1ccccc1. The number of ketones is 1. The van der Waals surface area contributed by atoms with Crippen molar-refractivity contribution in [2.24, 2.45) is 17.3 Å². The van der Waals surface area contributed by atoms with E-state index in [0.29, 0.717) is 35.5 Å². The van der Waals surface area contributed by atoms with Gasteiger partial charge in [-0.05, 0) is 67.9 Å². The molecule has 3 aliphatic rings. The standard InChI is InChI=1S/C26H30O4/c1-25-14-12-18-17-10-11-22(27)23(30-2)20(17)9-8-19(18)21(25)13-15-26(25,29)24(28)16-6-4-3-5-7-16/h3-7,10-11,18-19,21,27,29H,8-9,12-15H2,1-2H3/t18-,19-,21+,25+,26?/m1/s1. The molecule has 0 saturated heterocycles. The second-order valence-electron chi connectivity index (χ2n) is 9.65. The largest absolute Gasteiger partial charge is 0.504 e. The van der Waals surface area contributed by atoms with E-state index < -0.39 is 11.0 Å². The summed E-state index contributed by atoms with van der Waals surface area (Å²) in [6.45, 7) is 2.15. The molecular formula is C26H30O4. The average Bonchev–Trinajstić information content (AvgIpc) is 3.05. The van der Waals surface area contributed by atoms with Crippen molar-refractivity contribution in [2.45, 2.75) is 57.0 Å². The molecular weight excluding hydrogens is 376 g/mol. The number of fused-ring (bicyclic) bond motifs is 5. The van der Waals surface area contributed by atoms with E-state index in [0.717, 1.165) is 37.7 Å². The molecule has 2 aromatic rings. The average molecular weight is 407 g/mol. The Morgan fingerprint density at radius 2 is 1.83 bits per heavy atom. The van der Waals surface area contributed by atoms with Crippen LogP contribution >= 0.6 is 0 Å². The van der Waals surface area contributed by atoms with Gasteiger partial charge in [-0.1, -0.05) is 43.3 Å². The topological polar surface area (TPSA) is 66.8 Å². The lowest BCUT2D eigenvalue weighted by molar-refractivity contribution is -0.0773. The van der Waals surface area contributed by atoms with E-state index in [9.17, 15) is 15.0 Å². The Balaban J connectivity index is 1.50. The summed E-state index contributed by atoms with van der Waals surface area (Å²) in [6, 6.07) is 13.1. The third-order valence-corrected chi connectivity index (χ3v) is 8.61. The quantitative estimate of drug-likeness (QED) is 0.714. The van der Waals surface area contributed by atoms with Gasteiger partial charge in [0.05, 0.1) is 7.11 Å². The van der Waals surface area contributed by atoms with Crippen LogP contribution in [-0.4, -0.2) is 28.7 Å². The molecule has 2 aromatic carbocycles. The first-order valence-corrected chi connectivity index (χ1v) is 11.1. The number of hydrogen-bond acceptors (Lipinski definition) is 4. The summed E-state index contributed by atoms with van der Waals surface area (Å²) in [5.41, 5.74) is 1.33. The number of rotatable bonds is 3. The van der Waals surface area contributed by atoms with Crippen molar-refractivity contribution >= 4 is 5.78 Å². The molecule has 4 nitrogen and oxygen atoms in total. The molecule has 0 aromatic heterocycles. The molecule has 0 amide bonds. The second kappa shape index (κ2) is 6.84. The van der Waals surface area contributed by atoms with Crippen LogP contribution < -0.4 is 4.74 Å². The fourth-order valence-corrected chi connectivity index (χ4v) is 7.07. The highest BCUT2D eigenvalue weighted by Crippen LogP contribution is 2.65.